The molecule has 0 aliphatic heterocycles. The molecule has 8 nitrogen and oxygen atoms in total. The Kier molecular flexibility index (Phi) is 29.1. The van der Waals surface area contributed by atoms with Crippen LogP contribution in [0, 0.1) is 0 Å². The average molecular weight is 443 g/mol. The molecule has 0 heterocycles. The summed E-state index contributed by atoms with van der Waals surface area (Å²) in [6, 6.07) is 0. The molecule has 0 atom stereocenters. The molecule has 0 fully saturated rings. The van der Waals surface area contributed by atoms with E-state index in [1.54, 1.807) is 0 Å². The average Bonchev–Trinajstić information content (AvgIpc) is 1.12. The van der Waals surface area contributed by atoms with Gasteiger partial charge in [0.25, 0.3) is 0 Å². The van der Waals surface area contributed by atoms with Crippen LogP contribution in [0.15, 0.2) is 0 Å². The minimum Gasteiger partial charge on any atom is 6.00 e. The van der Waals surface area contributed by atoms with E-state index >= 15 is 0 Å². The molecule has 3 radical (unpaired) electrons. The quantitative estimate of drug-likeness (QED) is 0.263. The topological polar surface area (TPSA) is 172 Å². The van der Waals surface area contributed by atoms with Gasteiger partial charge in [0.2, 0.25) is 0 Å². The van der Waals surface area contributed by atoms with Crippen molar-refractivity contribution in [2.24, 2.45) is 0 Å². The molecule has 0 aliphatic rings. The second-order valence-electron chi connectivity index (χ2n) is 0.894. The van der Waals surface area contributed by atoms with Crippen molar-refractivity contribution in [2.45, 2.75) is 0 Å². The Morgan fingerprint density at radius 1 is 0.692 bits per heavy atom. The van der Waals surface area contributed by atoms with Crippen molar-refractivity contribution >= 4 is 70.7 Å². The Bertz CT molecular complexity index is 134. The van der Waals surface area contributed by atoms with E-state index in [0.717, 1.165) is 0 Å². The summed E-state index contributed by atoms with van der Waals surface area (Å²) in [5, 5.41) is 0. The van der Waals surface area contributed by atoms with Gasteiger partial charge in [-0.25, -0.2) is 0 Å². The number of rotatable bonds is 0. The molecule has 0 spiro atoms. The summed E-state index contributed by atoms with van der Waals surface area (Å²) in [5.74, 6) is 0. The van der Waals surface area contributed by atoms with Gasteiger partial charge < -0.3 is 38.5 Å². The minimum absolute atomic E-state index is 0. The van der Waals surface area contributed by atoms with Crippen molar-refractivity contribution in [2.75, 3.05) is 0 Å². The Labute approximate surface area is 129 Å². The normalized spacial score (nSPS) is 9.08. The smallest absolute Gasteiger partial charge is 6.00 e. The first-order chi connectivity index (χ1) is 4.00. The molecule has 0 unspecified atom stereocenters. The van der Waals surface area contributed by atoms with E-state index in [-0.39, 0.29) is 76.2 Å². The van der Waals surface area contributed by atoms with Crippen LogP contribution in [0.4, 0.5) is 0 Å². The Balaban J connectivity index is -0.0000000267. The third-order valence-corrected chi connectivity index (χ3v) is 0. The predicted molar refractivity (Wildman–Crippen MR) is 29.5 cm³/mol. The van der Waals surface area contributed by atoms with E-state index in [4.69, 9.17) is 38.5 Å². The molecule has 13 heavy (non-hydrogen) atoms. The molecule has 0 bridgehead atoms. The van der Waals surface area contributed by atoms with Crippen LogP contribution in [0.25, 0.3) is 0 Å². The fourth-order valence-electron chi connectivity index (χ4n) is 0. The summed E-state index contributed by atoms with van der Waals surface area (Å²) in [6.45, 7) is 0. The van der Waals surface area contributed by atoms with Crippen molar-refractivity contribution in [3.8, 4) is 0 Å². The number of hydrogen-bond donors (Lipinski definition) is 0. The van der Waals surface area contributed by atoms with Crippen LogP contribution in [-0.4, -0.2) is 55.1 Å². The van der Waals surface area contributed by atoms with Crippen molar-refractivity contribution in [1.82, 2.24) is 0 Å². The van der Waals surface area contributed by atoms with E-state index in [1.165, 1.54) is 0 Å². The van der Waals surface area contributed by atoms with Crippen molar-refractivity contribution in [3.63, 3.8) is 0 Å². The van der Waals surface area contributed by atoms with Gasteiger partial charge in [0.1, 0.15) is 0 Å². The molecule has 0 amide bonds. The fourth-order valence-corrected chi connectivity index (χ4v) is 0. The summed E-state index contributed by atoms with van der Waals surface area (Å²) in [5.41, 5.74) is 0. The first-order valence-electron chi connectivity index (χ1n) is 1.46. The maximum absolute atomic E-state index is 8.55. The van der Waals surface area contributed by atoms with E-state index in [2.05, 4.69) is 0 Å². The maximum atomic E-state index is 8.55. The van der Waals surface area contributed by atoms with Crippen LogP contribution in [0.2, 0.25) is 0 Å². The molecule has 0 aliphatic carbocycles. The van der Waals surface area contributed by atoms with Crippen molar-refractivity contribution < 1.29 is 59.6 Å². The van der Waals surface area contributed by atoms with Crippen LogP contribution in [0.1, 0.15) is 0 Å². The van der Waals surface area contributed by atoms with Crippen molar-refractivity contribution in [3.05, 3.63) is 0 Å². The van der Waals surface area contributed by atoms with Gasteiger partial charge >= 0.3 is 58.8 Å². The summed E-state index contributed by atoms with van der Waals surface area (Å²) in [4.78, 5) is 51.3. The molecule has 0 aromatic rings. The maximum Gasteiger partial charge on any atom is 6.00 e. The van der Waals surface area contributed by atoms with Crippen LogP contribution in [0.3, 0.4) is 0 Å². The summed E-state index contributed by atoms with van der Waals surface area (Å²) >= 11 is 0. The molecule has 0 saturated heterocycles. The molecule has 71 valence electrons. The van der Waals surface area contributed by atoms with Crippen LogP contribution in [-0.2, 0) is 30.2 Å². The minimum atomic E-state index is -5.39. The van der Waals surface area contributed by atoms with Gasteiger partial charge in [-0.1, -0.05) is 0 Å². The molecule has 0 N–H and O–H groups in total. The molecule has 0 rings (SSSR count). The van der Waals surface area contributed by atoms with E-state index in [0.29, 0.717) is 0 Å². The molecule has 0 aromatic heterocycles. The number of hydrogen-bond acceptors (Lipinski definition) is 8. The van der Waals surface area contributed by atoms with Crippen LogP contribution < -0.4 is 29.4 Å². The van der Waals surface area contributed by atoms with Gasteiger partial charge in [0.15, 0.2) is 0 Å². The fraction of sp³-hybridized carbons (Fsp3) is 0. The van der Waals surface area contributed by atoms with E-state index < -0.39 is 15.6 Å². The van der Waals surface area contributed by atoms with Crippen LogP contribution >= 0.6 is 15.6 Å². The SMILES string of the molecule is O=P([O-])([O-])[O-].O=P([O-])([O-])[O-].[Al].[CaH2].[W+6]. The zero-order valence-electron chi connectivity index (χ0n) is 5.15. The zero-order chi connectivity index (χ0) is 9.00. The summed E-state index contributed by atoms with van der Waals surface area (Å²) < 4.78 is 17.1. The van der Waals surface area contributed by atoms with Gasteiger partial charge in [-0.05, 0) is 0 Å². The zero-order valence-corrected chi connectivity index (χ0v) is 11.0. The third kappa shape index (κ3) is 325. The van der Waals surface area contributed by atoms with E-state index in [9.17, 15) is 0 Å². The van der Waals surface area contributed by atoms with Gasteiger partial charge in [0.05, 0.1) is 0 Å². The first kappa shape index (κ1) is 29.6. The van der Waals surface area contributed by atoms with Gasteiger partial charge in [-0.2, -0.15) is 15.6 Å². The molecular weight excluding hydrogens is 441 g/mol. The first-order valence-corrected chi connectivity index (χ1v) is 4.38. The second kappa shape index (κ2) is 12.8. The van der Waals surface area contributed by atoms with Gasteiger partial charge in [-0.15, -0.1) is 0 Å². The Morgan fingerprint density at radius 2 is 0.692 bits per heavy atom. The van der Waals surface area contributed by atoms with E-state index in [1.807, 2.05) is 0 Å². The van der Waals surface area contributed by atoms with Gasteiger partial charge in [0, 0.05) is 17.4 Å². The third-order valence-electron chi connectivity index (χ3n) is 0. The molecule has 0 saturated carbocycles. The van der Waals surface area contributed by atoms with Gasteiger partial charge in [-0.3, -0.25) is 0 Å². The standard InChI is InChI=1S/Al.Ca.2H3O4P.W.2H/c;;2*1-5(2,3)4;;;/h;;2*(H3,1,2,3,4);;;/q;;;;+6;;/p-6. The Morgan fingerprint density at radius 3 is 0.692 bits per heavy atom. The Hall–Kier alpha value is 2.70. The summed E-state index contributed by atoms with van der Waals surface area (Å²) in [7, 11) is -10.8. The molecular formula is H2AlCaO8P2W. The molecule has 0 aromatic carbocycles. The molecule has 13 heteroatoms. The second-order valence-corrected chi connectivity index (χ2v) is 2.68. The largest absolute Gasteiger partial charge is 6.00 e. The predicted octanol–water partition coefficient (Wildman–Crippen LogP) is -6.95. The van der Waals surface area contributed by atoms with Crippen molar-refractivity contribution in [1.29, 1.82) is 0 Å². The monoisotopic (exact) mass is 443 g/mol. The summed E-state index contributed by atoms with van der Waals surface area (Å²) in [6.07, 6.45) is 0. The number of phosphoric acid groups is 2. The van der Waals surface area contributed by atoms with Crippen LogP contribution in [0.5, 0.6) is 0 Å².